The van der Waals surface area contributed by atoms with Crippen LogP contribution in [0.5, 0.6) is 5.75 Å². The first-order chi connectivity index (χ1) is 9.74. The molecule has 2 rings (SSSR count). The van der Waals surface area contributed by atoms with Gasteiger partial charge in [0.2, 0.25) is 0 Å². The number of benzene rings is 1. The van der Waals surface area contributed by atoms with Gasteiger partial charge in [-0.05, 0) is 24.3 Å². The van der Waals surface area contributed by atoms with Gasteiger partial charge in [-0.25, -0.2) is 0 Å². The van der Waals surface area contributed by atoms with Crippen LogP contribution in [0.15, 0.2) is 46.4 Å². The fourth-order valence-corrected chi connectivity index (χ4v) is 1.87. The van der Waals surface area contributed by atoms with Crippen molar-refractivity contribution in [2.45, 2.75) is 13.1 Å². The zero-order chi connectivity index (χ0) is 14.4. The lowest BCUT2D eigenvalue weighted by Gasteiger charge is -2.11. The van der Waals surface area contributed by atoms with Gasteiger partial charge in [0.15, 0.2) is 5.84 Å². The molecule has 106 valence electrons. The molecule has 0 fully saturated rings. The summed E-state index contributed by atoms with van der Waals surface area (Å²) in [6, 6.07) is 7.27. The minimum Gasteiger partial charge on any atom is -0.496 e. The predicted octanol–water partition coefficient (Wildman–Crippen LogP) is 1.67. The van der Waals surface area contributed by atoms with Crippen molar-refractivity contribution in [1.82, 2.24) is 5.32 Å². The summed E-state index contributed by atoms with van der Waals surface area (Å²) in [5.74, 6) is 0.822. The zero-order valence-electron chi connectivity index (χ0n) is 11.2. The lowest BCUT2D eigenvalue weighted by molar-refractivity contribution is 0.318. The quantitative estimate of drug-likeness (QED) is 0.323. The third-order valence-electron chi connectivity index (χ3n) is 2.91. The molecule has 0 unspecified atom stereocenters. The second kappa shape index (κ2) is 6.63. The van der Waals surface area contributed by atoms with Crippen LogP contribution in [-0.2, 0) is 13.1 Å². The summed E-state index contributed by atoms with van der Waals surface area (Å²) in [5, 5.41) is 15.0. The molecule has 0 saturated heterocycles. The molecular weight excluding hydrogens is 258 g/mol. The Labute approximate surface area is 116 Å². The van der Waals surface area contributed by atoms with Gasteiger partial charge >= 0.3 is 0 Å². The van der Waals surface area contributed by atoms with Crippen molar-refractivity contribution < 1.29 is 14.4 Å². The maximum Gasteiger partial charge on any atom is 0.170 e. The van der Waals surface area contributed by atoms with Crippen molar-refractivity contribution in [3.8, 4) is 5.75 Å². The molecule has 1 aromatic heterocycles. The Bertz CT molecular complexity index is 579. The number of hydrogen-bond acceptors (Lipinski definition) is 5. The standard InChI is InChI=1S/C14H17N3O3/c1-19-13-3-2-11(14(15)17-18)6-12(13)8-16-7-10-4-5-20-9-10/h2-6,9,16,18H,7-8H2,1H3,(H2,15,17). The average molecular weight is 275 g/mol. The molecule has 0 spiro atoms. The molecule has 0 aliphatic heterocycles. The van der Waals surface area contributed by atoms with E-state index in [-0.39, 0.29) is 5.84 Å². The molecule has 0 atom stereocenters. The van der Waals surface area contributed by atoms with E-state index in [2.05, 4.69) is 10.5 Å². The summed E-state index contributed by atoms with van der Waals surface area (Å²) in [7, 11) is 1.61. The lowest BCUT2D eigenvalue weighted by Crippen LogP contribution is -2.16. The van der Waals surface area contributed by atoms with Gasteiger partial charge in [-0.15, -0.1) is 0 Å². The molecule has 1 aromatic carbocycles. The molecule has 20 heavy (non-hydrogen) atoms. The number of nitrogens with one attached hydrogen (secondary N) is 1. The first kappa shape index (κ1) is 14.0. The van der Waals surface area contributed by atoms with Gasteiger partial charge in [0.05, 0.1) is 19.6 Å². The van der Waals surface area contributed by atoms with E-state index in [1.807, 2.05) is 12.1 Å². The second-order valence-electron chi connectivity index (χ2n) is 4.25. The Balaban J connectivity index is 2.08. The largest absolute Gasteiger partial charge is 0.496 e. The Hall–Kier alpha value is -2.47. The summed E-state index contributed by atoms with van der Waals surface area (Å²) in [4.78, 5) is 0. The van der Waals surface area contributed by atoms with Crippen molar-refractivity contribution in [3.63, 3.8) is 0 Å². The van der Waals surface area contributed by atoms with Crippen LogP contribution < -0.4 is 15.8 Å². The number of nitrogens with two attached hydrogens (primary N) is 1. The molecule has 0 radical (unpaired) electrons. The van der Waals surface area contributed by atoms with Crippen LogP contribution in [0.25, 0.3) is 0 Å². The van der Waals surface area contributed by atoms with Crippen LogP contribution in [0.4, 0.5) is 0 Å². The van der Waals surface area contributed by atoms with Crippen molar-refractivity contribution in [2.75, 3.05) is 7.11 Å². The summed E-state index contributed by atoms with van der Waals surface area (Å²) >= 11 is 0. The van der Waals surface area contributed by atoms with Crippen molar-refractivity contribution in [2.24, 2.45) is 10.9 Å². The van der Waals surface area contributed by atoms with Gasteiger partial charge in [0.1, 0.15) is 5.75 Å². The molecular formula is C14H17N3O3. The van der Waals surface area contributed by atoms with E-state index in [1.54, 1.807) is 31.8 Å². The number of nitrogens with zero attached hydrogens (tertiary/aromatic N) is 1. The van der Waals surface area contributed by atoms with Gasteiger partial charge in [-0.1, -0.05) is 5.16 Å². The molecule has 6 heteroatoms. The second-order valence-corrected chi connectivity index (χ2v) is 4.25. The predicted molar refractivity (Wildman–Crippen MR) is 74.8 cm³/mol. The Morgan fingerprint density at radius 1 is 1.40 bits per heavy atom. The maximum atomic E-state index is 8.71. The first-order valence-corrected chi connectivity index (χ1v) is 6.11. The number of furan rings is 1. The minimum atomic E-state index is 0.0729. The van der Waals surface area contributed by atoms with Crippen LogP contribution in [0.1, 0.15) is 16.7 Å². The average Bonchev–Trinajstić information content (AvgIpc) is 2.99. The normalized spacial score (nSPS) is 11.6. The van der Waals surface area contributed by atoms with Crippen molar-refractivity contribution in [1.29, 1.82) is 0 Å². The number of amidine groups is 1. The molecule has 1 heterocycles. The Morgan fingerprint density at radius 2 is 2.25 bits per heavy atom. The number of methoxy groups -OCH3 is 1. The fraction of sp³-hybridized carbons (Fsp3) is 0.214. The monoisotopic (exact) mass is 275 g/mol. The molecule has 2 aromatic rings. The van der Waals surface area contributed by atoms with Gasteiger partial charge in [0, 0.05) is 29.8 Å². The molecule has 4 N–H and O–H groups in total. The van der Waals surface area contributed by atoms with Gasteiger partial charge in [0.25, 0.3) is 0 Å². The van der Waals surface area contributed by atoms with Crippen LogP contribution in [-0.4, -0.2) is 18.2 Å². The fourth-order valence-electron chi connectivity index (χ4n) is 1.87. The Kier molecular flexibility index (Phi) is 4.62. The summed E-state index contributed by atoms with van der Waals surface area (Å²) in [5.41, 5.74) is 8.23. The first-order valence-electron chi connectivity index (χ1n) is 6.11. The molecule has 0 amide bonds. The Morgan fingerprint density at radius 3 is 2.90 bits per heavy atom. The number of rotatable bonds is 6. The van der Waals surface area contributed by atoms with E-state index in [1.165, 1.54) is 0 Å². The number of hydrogen-bond donors (Lipinski definition) is 3. The van der Waals surface area contributed by atoms with Crippen molar-refractivity contribution >= 4 is 5.84 Å². The topological polar surface area (TPSA) is 93.0 Å². The minimum absolute atomic E-state index is 0.0729. The van der Waals surface area contributed by atoms with E-state index >= 15 is 0 Å². The van der Waals surface area contributed by atoms with Gasteiger partial charge in [-0.3, -0.25) is 0 Å². The lowest BCUT2D eigenvalue weighted by atomic mass is 10.1. The van der Waals surface area contributed by atoms with Crippen LogP contribution >= 0.6 is 0 Å². The highest BCUT2D eigenvalue weighted by molar-refractivity contribution is 5.97. The van der Waals surface area contributed by atoms with Crippen LogP contribution in [0.2, 0.25) is 0 Å². The molecule has 6 nitrogen and oxygen atoms in total. The third kappa shape index (κ3) is 3.30. The zero-order valence-corrected chi connectivity index (χ0v) is 11.2. The highest BCUT2D eigenvalue weighted by Gasteiger charge is 2.07. The third-order valence-corrected chi connectivity index (χ3v) is 2.91. The van der Waals surface area contributed by atoms with Crippen molar-refractivity contribution in [3.05, 3.63) is 53.5 Å². The van der Waals surface area contributed by atoms with E-state index in [0.717, 1.165) is 16.9 Å². The maximum absolute atomic E-state index is 8.71. The highest BCUT2D eigenvalue weighted by atomic mass is 16.5. The number of oxime groups is 1. The summed E-state index contributed by atoms with van der Waals surface area (Å²) in [6.45, 7) is 1.29. The van der Waals surface area contributed by atoms with Crippen LogP contribution in [0, 0.1) is 0 Å². The van der Waals surface area contributed by atoms with Gasteiger partial charge < -0.3 is 25.4 Å². The van der Waals surface area contributed by atoms with E-state index in [0.29, 0.717) is 18.7 Å². The van der Waals surface area contributed by atoms with Crippen LogP contribution in [0.3, 0.4) is 0 Å². The van der Waals surface area contributed by atoms with Gasteiger partial charge in [-0.2, -0.15) is 0 Å². The smallest absolute Gasteiger partial charge is 0.170 e. The molecule has 0 bridgehead atoms. The summed E-state index contributed by atoms with van der Waals surface area (Å²) in [6.07, 6.45) is 3.33. The summed E-state index contributed by atoms with van der Waals surface area (Å²) < 4.78 is 10.3. The van der Waals surface area contributed by atoms with E-state index in [9.17, 15) is 0 Å². The highest BCUT2D eigenvalue weighted by Crippen LogP contribution is 2.20. The SMILES string of the molecule is COc1ccc(/C(N)=N/O)cc1CNCc1ccoc1. The molecule has 0 saturated carbocycles. The number of ether oxygens (including phenoxy) is 1. The molecule has 0 aliphatic rings. The van der Waals surface area contributed by atoms with E-state index in [4.69, 9.17) is 20.1 Å². The van der Waals surface area contributed by atoms with E-state index < -0.39 is 0 Å². The molecule has 0 aliphatic carbocycles.